The SMILES string of the molecule is CCCCCCCCCCCCCCCCCCCCCC(=O)O[C@H](COC(=O)CCCCCCCCCC(C)C)COP(=O)(O)OC[C@@H](O)COP(=O)(O)OC[C@@H](COC(=O)CCCCCCCCCCCC)OC(=O)CCCCCCCCCCCC. The van der Waals surface area contributed by atoms with E-state index in [0.29, 0.717) is 31.6 Å². The van der Waals surface area contributed by atoms with Crippen molar-refractivity contribution in [1.82, 2.24) is 0 Å². The van der Waals surface area contributed by atoms with Crippen molar-refractivity contribution in [2.75, 3.05) is 39.6 Å². The maximum atomic E-state index is 13.0. The largest absolute Gasteiger partial charge is 0.472 e. The average molecular weight is 1310 g/mol. The fourth-order valence-electron chi connectivity index (χ4n) is 10.6. The highest BCUT2D eigenvalue weighted by Gasteiger charge is 2.30. The molecule has 0 spiro atoms. The average Bonchev–Trinajstić information content (AvgIpc) is 3.60. The van der Waals surface area contributed by atoms with Crippen molar-refractivity contribution in [2.24, 2.45) is 5.92 Å². The number of hydrogen-bond acceptors (Lipinski definition) is 15. The normalized spacial score (nSPS) is 14.1. The molecule has 3 N–H and O–H groups in total. The first kappa shape index (κ1) is 87.1. The van der Waals surface area contributed by atoms with Crippen molar-refractivity contribution in [3.63, 3.8) is 0 Å². The van der Waals surface area contributed by atoms with Gasteiger partial charge in [0.2, 0.25) is 0 Å². The molecule has 89 heavy (non-hydrogen) atoms. The molecule has 0 aliphatic carbocycles. The molecule has 0 fully saturated rings. The van der Waals surface area contributed by atoms with Gasteiger partial charge in [0.25, 0.3) is 0 Å². The maximum absolute atomic E-state index is 13.0. The van der Waals surface area contributed by atoms with Crippen LogP contribution in [0.2, 0.25) is 0 Å². The van der Waals surface area contributed by atoms with E-state index in [0.717, 1.165) is 96.3 Å². The van der Waals surface area contributed by atoms with Gasteiger partial charge in [0.1, 0.15) is 19.3 Å². The van der Waals surface area contributed by atoms with E-state index in [-0.39, 0.29) is 25.7 Å². The number of hydrogen-bond donors (Lipinski definition) is 3. The second-order valence-electron chi connectivity index (χ2n) is 25.7. The van der Waals surface area contributed by atoms with Crippen molar-refractivity contribution < 1.29 is 80.2 Å². The summed E-state index contributed by atoms with van der Waals surface area (Å²) in [6.45, 7) is 7.17. The number of esters is 4. The van der Waals surface area contributed by atoms with E-state index in [1.54, 1.807) is 0 Å². The molecule has 0 radical (unpaired) electrons. The Bertz CT molecular complexity index is 1720. The van der Waals surface area contributed by atoms with Gasteiger partial charge in [-0.2, -0.15) is 0 Å². The van der Waals surface area contributed by atoms with Gasteiger partial charge < -0.3 is 33.8 Å². The smallest absolute Gasteiger partial charge is 0.462 e. The number of phosphoric ester groups is 2. The van der Waals surface area contributed by atoms with Gasteiger partial charge in [-0.15, -0.1) is 0 Å². The van der Waals surface area contributed by atoms with Crippen molar-refractivity contribution in [2.45, 2.75) is 380 Å². The predicted molar refractivity (Wildman–Crippen MR) is 358 cm³/mol. The van der Waals surface area contributed by atoms with Gasteiger partial charge >= 0.3 is 39.5 Å². The summed E-state index contributed by atoms with van der Waals surface area (Å²) in [7, 11) is -9.89. The van der Waals surface area contributed by atoms with Crippen molar-refractivity contribution in [3.8, 4) is 0 Å². The lowest BCUT2D eigenvalue weighted by molar-refractivity contribution is -0.161. The van der Waals surface area contributed by atoms with E-state index in [4.69, 9.17) is 37.0 Å². The number of unbranched alkanes of at least 4 members (excludes halogenated alkanes) is 42. The van der Waals surface area contributed by atoms with Crippen LogP contribution in [0.5, 0.6) is 0 Å². The molecule has 5 atom stereocenters. The van der Waals surface area contributed by atoms with Crippen LogP contribution in [0.15, 0.2) is 0 Å². The Morgan fingerprint density at radius 1 is 0.303 bits per heavy atom. The minimum atomic E-state index is -4.95. The Morgan fingerprint density at radius 3 is 0.764 bits per heavy atom. The first-order valence-electron chi connectivity index (χ1n) is 36.6. The Morgan fingerprint density at radius 2 is 0.517 bits per heavy atom. The fraction of sp³-hybridized carbons (Fsp3) is 0.943. The van der Waals surface area contributed by atoms with Gasteiger partial charge in [0.05, 0.1) is 26.4 Å². The quantitative estimate of drug-likeness (QED) is 0.0222. The van der Waals surface area contributed by atoms with E-state index in [2.05, 4.69) is 34.6 Å². The van der Waals surface area contributed by atoms with Gasteiger partial charge in [0.15, 0.2) is 12.2 Å². The zero-order valence-corrected chi connectivity index (χ0v) is 59.4. The standard InChI is InChI=1S/C70H136O17P2/c1-6-9-12-15-18-21-24-25-26-27-28-29-30-31-32-35-40-46-51-56-70(75)87-66(60-81-68(73)54-49-44-41-36-37-42-47-52-63(4)5)62-85-89(78,79)83-58-64(71)57-82-88(76,77)84-61-65(86-69(74)55-50-45-39-34-23-20-17-14-11-8-3)59-80-67(72)53-48-43-38-33-22-19-16-13-10-7-2/h63-66,71H,6-62H2,1-5H3,(H,76,77)(H,78,79)/t64-,65+,66+/m0/s1. The molecule has 0 aromatic carbocycles. The molecule has 19 heteroatoms. The van der Waals surface area contributed by atoms with Gasteiger partial charge in [-0.1, -0.05) is 311 Å². The monoisotopic (exact) mass is 1310 g/mol. The van der Waals surface area contributed by atoms with E-state index < -0.39 is 97.5 Å². The van der Waals surface area contributed by atoms with Crippen LogP contribution in [0.3, 0.4) is 0 Å². The number of aliphatic hydroxyl groups is 1. The number of aliphatic hydroxyl groups excluding tert-OH is 1. The number of carbonyl (C=O) groups excluding carboxylic acids is 4. The minimum absolute atomic E-state index is 0.107. The third-order valence-corrected chi connectivity index (χ3v) is 18.2. The zero-order chi connectivity index (χ0) is 65.6. The molecule has 2 unspecified atom stereocenters. The van der Waals surface area contributed by atoms with Crippen LogP contribution in [-0.4, -0.2) is 96.7 Å². The first-order valence-corrected chi connectivity index (χ1v) is 39.6. The third-order valence-electron chi connectivity index (χ3n) is 16.3. The number of ether oxygens (including phenoxy) is 4. The van der Waals surface area contributed by atoms with E-state index in [9.17, 15) is 43.2 Å². The second-order valence-corrected chi connectivity index (χ2v) is 28.7. The summed E-state index contributed by atoms with van der Waals surface area (Å²) in [5.41, 5.74) is 0. The van der Waals surface area contributed by atoms with Crippen molar-refractivity contribution in [3.05, 3.63) is 0 Å². The number of rotatable bonds is 70. The van der Waals surface area contributed by atoms with Crippen LogP contribution in [0, 0.1) is 5.92 Å². The lowest BCUT2D eigenvalue weighted by Crippen LogP contribution is -2.30. The van der Waals surface area contributed by atoms with Crippen LogP contribution in [0.25, 0.3) is 0 Å². The summed E-state index contributed by atoms with van der Waals surface area (Å²) in [4.78, 5) is 72.4. The van der Waals surface area contributed by atoms with Gasteiger partial charge in [0, 0.05) is 25.7 Å². The molecule has 0 saturated heterocycles. The molecule has 0 aliphatic heterocycles. The zero-order valence-electron chi connectivity index (χ0n) is 57.6. The molecule has 528 valence electrons. The highest BCUT2D eigenvalue weighted by Crippen LogP contribution is 2.45. The lowest BCUT2D eigenvalue weighted by atomic mass is 10.0. The molecule has 0 aliphatic rings. The molecule has 0 aromatic rings. The Labute approximate surface area is 543 Å². The molecule has 0 rings (SSSR count). The van der Waals surface area contributed by atoms with Gasteiger partial charge in [-0.25, -0.2) is 9.13 Å². The summed E-state index contributed by atoms with van der Waals surface area (Å²) < 4.78 is 68.2. The molecule has 0 heterocycles. The highest BCUT2D eigenvalue weighted by molar-refractivity contribution is 7.47. The molecule has 17 nitrogen and oxygen atoms in total. The van der Waals surface area contributed by atoms with Crippen LogP contribution < -0.4 is 0 Å². The molecule has 0 bridgehead atoms. The molecule has 0 aromatic heterocycles. The van der Waals surface area contributed by atoms with Crippen molar-refractivity contribution in [1.29, 1.82) is 0 Å². The highest BCUT2D eigenvalue weighted by atomic mass is 31.2. The summed E-state index contributed by atoms with van der Waals surface area (Å²) in [6, 6.07) is 0. The number of phosphoric acid groups is 2. The van der Waals surface area contributed by atoms with Crippen LogP contribution in [-0.2, 0) is 65.4 Å². The van der Waals surface area contributed by atoms with Crippen LogP contribution in [0.4, 0.5) is 0 Å². The fourth-order valence-corrected chi connectivity index (χ4v) is 12.2. The second kappa shape index (κ2) is 63.5. The Balaban J connectivity index is 5.17. The van der Waals surface area contributed by atoms with Gasteiger partial charge in [-0.3, -0.25) is 37.3 Å². The predicted octanol–water partition coefficient (Wildman–Crippen LogP) is 20.1. The van der Waals surface area contributed by atoms with Crippen LogP contribution >= 0.6 is 15.6 Å². The third kappa shape index (κ3) is 64.6. The summed E-state index contributed by atoms with van der Waals surface area (Å²) in [5.74, 6) is -1.42. The Kier molecular flexibility index (Phi) is 62.1. The molecular formula is C70H136O17P2. The van der Waals surface area contributed by atoms with Gasteiger partial charge in [-0.05, 0) is 31.6 Å². The molecule has 0 saturated carbocycles. The Hall–Kier alpha value is -1.94. The summed E-state index contributed by atoms with van der Waals surface area (Å²) in [6.07, 6.45) is 50.1. The number of carbonyl (C=O) groups is 4. The maximum Gasteiger partial charge on any atom is 0.472 e. The van der Waals surface area contributed by atoms with E-state index in [1.807, 2.05) is 0 Å². The van der Waals surface area contributed by atoms with E-state index in [1.165, 1.54) is 180 Å². The summed E-state index contributed by atoms with van der Waals surface area (Å²) in [5, 5.41) is 10.6. The van der Waals surface area contributed by atoms with E-state index >= 15 is 0 Å². The van der Waals surface area contributed by atoms with Crippen LogP contribution in [0.1, 0.15) is 362 Å². The van der Waals surface area contributed by atoms with Crippen molar-refractivity contribution >= 4 is 39.5 Å². The lowest BCUT2D eigenvalue weighted by Gasteiger charge is -2.21. The first-order chi connectivity index (χ1) is 43.0. The molecular weight excluding hydrogens is 1170 g/mol. The molecule has 0 amide bonds. The minimum Gasteiger partial charge on any atom is -0.462 e. The summed E-state index contributed by atoms with van der Waals surface area (Å²) >= 11 is 0. The topological polar surface area (TPSA) is 237 Å².